The number of aliphatic hydroxyl groups is 4. The van der Waals surface area contributed by atoms with E-state index >= 15 is 0 Å². The molecule has 1 fully saturated rings. The van der Waals surface area contributed by atoms with Gasteiger partial charge in [-0.15, -0.1) is 0 Å². The summed E-state index contributed by atoms with van der Waals surface area (Å²) in [5.41, 5.74) is 1.51. The molecule has 9 heteroatoms. The molecule has 5 N–H and O–H groups in total. The van der Waals surface area contributed by atoms with Crippen molar-refractivity contribution in [1.29, 1.82) is 0 Å². The molecule has 2 aliphatic heterocycles. The first-order chi connectivity index (χ1) is 17.1. The summed E-state index contributed by atoms with van der Waals surface area (Å²) in [6.07, 6.45) is -0.648. The molecule has 1 aliphatic carbocycles. The Hall–Kier alpha value is -2.17. The Morgan fingerprint density at radius 3 is 2.58 bits per heavy atom. The number of esters is 1. The number of carbonyl (C=O) groups excluding carboxylic acids is 1. The number of phenols is 1. The van der Waals surface area contributed by atoms with Gasteiger partial charge in [-0.2, -0.15) is 0 Å². The number of rotatable bonds is 7. The molecule has 0 radical (unpaired) electrons. The number of aromatic hydroxyl groups is 1. The van der Waals surface area contributed by atoms with Gasteiger partial charge < -0.3 is 39.7 Å². The van der Waals surface area contributed by atoms with E-state index in [1.807, 2.05) is 19.9 Å². The minimum atomic E-state index is -1.67. The first kappa shape index (κ1) is 26.9. The number of aliphatic hydroxyl groups excluding tert-OH is 4. The van der Waals surface area contributed by atoms with Crippen LogP contribution in [0.25, 0.3) is 0 Å². The Kier molecular flexibility index (Phi) is 7.97. The number of allylic oxidation sites excluding steroid dienone is 1. The molecular weight excluding hydrogens is 468 g/mol. The van der Waals surface area contributed by atoms with Gasteiger partial charge in [-0.25, -0.2) is 4.79 Å². The Labute approximate surface area is 211 Å². The number of phenolic OH excluding ortho intramolecular Hbond substituents is 1. The van der Waals surface area contributed by atoms with Crippen molar-refractivity contribution in [3.8, 4) is 11.5 Å². The largest absolute Gasteiger partial charge is 0.507 e. The van der Waals surface area contributed by atoms with E-state index in [4.69, 9.17) is 14.2 Å². The van der Waals surface area contributed by atoms with Crippen LogP contribution < -0.4 is 4.74 Å². The second kappa shape index (κ2) is 10.7. The summed E-state index contributed by atoms with van der Waals surface area (Å²) in [5, 5.41) is 50.5. The zero-order valence-electron chi connectivity index (χ0n) is 21.1. The van der Waals surface area contributed by atoms with Gasteiger partial charge in [0.25, 0.3) is 0 Å². The van der Waals surface area contributed by atoms with E-state index in [2.05, 4.69) is 6.92 Å². The summed E-state index contributed by atoms with van der Waals surface area (Å²) in [4.78, 5) is 13.0. The number of hydrogen-bond acceptors (Lipinski definition) is 9. The van der Waals surface area contributed by atoms with E-state index in [0.717, 1.165) is 31.2 Å². The predicted octanol–water partition coefficient (Wildman–Crippen LogP) is 2.06. The molecule has 0 unspecified atom stereocenters. The predicted molar refractivity (Wildman–Crippen MR) is 129 cm³/mol. The molecule has 1 saturated heterocycles. The molecule has 1 aromatic carbocycles. The lowest BCUT2D eigenvalue weighted by Gasteiger charge is -2.46. The normalized spacial score (nSPS) is 33.1. The highest BCUT2D eigenvalue weighted by molar-refractivity contribution is 5.89. The lowest BCUT2D eigenvalue weighted by atomic mass is 9.67. The van der Waals surface area contributed by atoms with Crippen molar-refractivity contribution < 1.29 is 44.5 Å². The molecule has 36 heavy (non-hydrogen) atoms. The first-order valence-electron chi connectivity index (χ1n) is 12.8. The number of aryl methyl sites for hydroxylation is 1. The van der Waals surface area contributed by atoms with Crippen LogP contribution in [0.4, 0.5) is 0 Å². The molecule has 2 heterocycles. The SMILES string of the molecule is CCCCCc1cc(O)c2c(c1)OC(C)(C)[C@@H]1CCC(C(=O)O[C@@H]3O[C@H](CO)[C@@H](O)[C@H](O)[C@H]3O)=C[C@@H]21. The molecule has 4 rings (SSSR count). The Morgan fingerprint density at radius 2 is 1.89 bits per heavy atom. The zero-order chi connectivity index (χ0) is 26.2. The van der Waals surface area contributed by atoms with E-state index in [1.54, 1.807) is 12.1 Å². The highest BCUT2D eigenvalue weighted by atomic mass is 16.7. The second-order valence-corrected chi connectivity index (χ2v) is 10.7. The van der Waals surface area contributed by atoms with Crippen molar-refractivity contribution in [2.75, 3.05) is 6.61 Å². The van der Waals surface area contributed by atoms with Crippen LogP contribution >= 0.6 is 0 Å². The maximum absolute atomic E-state index is 13.0. The lowest BCUT2D eigenvalue weighted by molar-refractivity contribution is -0.291. The molecule has 0 amide bonds. The Morgan fingerprint density at radius 1 is 1.14 bits per heavy atom. The summed E-state index contributed by atoms with van der Waals surface area (Å²) >= 11 is 0. The smallest absolute Gasteiger partial charge is 0.336 e. The van der Waals surface area contributed by atoms with E-state index in [9.17, 15) is 30.3 Å². The van der Waals surface area contributed by atoms with Gasteiger partial charge in [-0.05, 0) is 57.2 Å². The van der Waals surface area contributed by atoms with E-state index in [-0.39, 0.29) is 17.6 Å². The second-order valence-electron chi connectivity index (χ2n) is 10.7. The van der Waals surface area contributed by atoms with Crippen LogP contribution in [0.2, 0.25) is 0 Å². The number of unbranched alkanes of at least 4 members (excludes halogenated alkanes) is 2. The van der Waals surface area contributed by atoms with E-state index < -0.39 is 48.9 Å². The molecular formula is C27H38O9. The van der Waals surface area contributed by atoms with Crippen LogP contribution in [0.3, 0.4) is 0 Å². The van der Waals surface area contributed by atoms with Gasteiger partial charge in [0.15, 0.2) is 0 Å². The van der Waals surface area contributed by atoms with E-state index in [0.29, 0.717) is 29.7 Å². The molecule has 9 nitrogen and oxygen atoms in total. The van der Waals surface area contributed by atoms with Gasteiger partial charge in [0, 0.05) is 23.0 Å². The van der Waals surface area contributed by atoms with Crippen molar-refractivity contribution in [1.82, 2.24) is 0 Å². The van der Waals surface area contributed by atoms with Gasteiger partial charge in [0.1, 0.15) is 41.5 Å². The standard InChI is InChI=1S/C27H38O9/c1-4-5-6-7-14-10-18(29)21-16-12-15(8-9-17(16)27(2,3)36-19(21)11-14)25(33)35-26-24(32)23(31)22(30)20(13-28)34-26/h10-12,16-17,20,22-24,26,28-32H,4-9,13H2,1-3H3/t16-,17-,20-,22-,23+,24-,26+/m1/s1. The fraction of sp³-hybridized carbons (Fsp3) is 0.667. The van der Waals surface area contributed by atoms with Crippen LogP contribution in [0.1, 0.15) is 69.9 Å². The topological polar surface area (TPSA) is 146 Å². The van der Waals surface area contributed by atoms with Crippen molar-refractivity contribution in [2.45, 2.75) is 102 Å². The third-order valence-electron chi connectivity index (χ3n) is 7.72. The van der Waals surface area contributed by atoms with Crippen molar-refractivity contribution >= 4 is 5.97 Å². The highest BCUT2D eigenvalue weighted by Gasteiger charge is 2.48. The van der Waals surface area contributed by atoms with Crippen LogP contribution in [-0.4, -0.2) is 74.4 Å². The van der Waals surface area contributed by atoms with E-state index in [1.165, 1.54) is 0 Å². The molecule has 0 aromatic heterocycles. The molecule has 0 spiro atoms. The maximum atomic E-state index is 13.0. The third kappa shape index (κ3) is 5.13. The molecule has 3 aliphatic rings. The molecule has 7 atom stereocenters. The lowest BCUT2D eigenvalue weighted by Crippen LogP contribution is -2.59. The number of carbonyl (C=O) groups is 1. The van der Waals surface area contributed by atoms with Gasteiger partial charge in [0.05, 0.1) is 6.61 Å². The molecule has 0 bridgehead atoms. The minimum absolute atomic E-state index is 0.0191. The molecule has 1 aromatic rings. The number of ether oxygens (including phenoxy) is 3. The van der Waals surface area contributed by atoms with Crippen molar-refractivity contribution in [2.24, 2.45) is 5.92 Å². The molecule has 200 valence electrons. The maximum Gasteiger partial charge on any atom is 0.336 e. The van der Waals surface area contributed by atoms with Crippen molar-refractivity contribution in [3.05, 3.63) is 34.9 Å². The van der Waals surface area contributed by atoms with Crippen LogP contribution in [0.5, 0.6) is 11.5 Å². The van der Waals surface area contributed by atoms with Gasteiger partial charge in [-0.1, -0.05) is 25.8 Å². The average molecular weight is 507 g/mol. The summed E-state index contributed by atoms with van der Waals surface area (Å²) in [7, 11) is 0. The number of fused-ring (bicyclic) bond motifs is 3. The fourth-order valence-electron chi connectivity index (χ4n) is 5.66. The van der Waals surface area contributed by atoms with Crippen LogP contribution in [-0.2, 0) is 20.7 Å². The minimum Gasteiger partial charge on any atom is -0.507 e. The summed E-state index contributed by atoms with van der Waals surface area (Å²) in [5.74, 6) is -0.221. The van der Waals surface area contributed by atoms with Crippen LogP contribution in [0, 0.1) is 5.92 Å². The Bertz CT molecular complexity index is 986. The zero-order valence-corrected chi connectivity index (χ0v) is 21.1. The highest BCUT2D eigenvalue weighted by Crippen LogP contribution is 2.53. The molecule has 0 saturated carbocycles. The summed E-state index contributed by atoms with van der Waals surface area (Å²) in [6, 6.07) is 3.76. The average Bonchev–Trinajstić information content (AvgIpc) is 2.83. The van der Waals surface area contributed by atoms with Crippen LogP contribution in [0.15, 0.2) is 23.8 Å². The summed E-state index contributed by atoms with van der Waals surface area (Å²) in [6.45, 7) is 5.56. The first-order valence-corrected chi connectivity index (χ1v) is 12.8. The van der Waals surface area contributed by atoms with Gasteiger partial charge in [-0.3, -0.25) is 0 Å². The van der Waals surface area contributed by atoms with Crippen molar-refractivity contribution in [3.63, 3.8) is 0 Å². The fourth-order valence-corrected chi connectivity index (χ4v) is 5.66. The van der Waals surface area contributed by atoms with Gasteiger partial charge in [0.2, 0.25) is 6.29 Å². The monoisotopic (exact) mass is 506 g/mol. The Balaban J connectivity index is 1.58. The number of hydrogen-bond donors (Lipinski definition) is 5. The van der Waals surface area contributed by atoms with Gasteiger partial charge >= 0.3 is 5.97 Å². The summed E-state index contributed by atoms with van der Waals surface area (Å²) < 4.78 is 17.0. The quantitative estimate of drug-likeness (QED) is 0.277. The number of benzene rings is 1. The third-order valence-corrected chi connectivity index (χ3v) is 7.72.